The number of rotatable bonds is 9. The fourth-order valence-corrected chi connectivity index (χ4v) is 4.47. The van der Waals surface area contributed by atoms with Crippen molar-refractivity contribution in [2.45, 2.75) is 45.8 Å². The largest absolute Gasteiger partial charge is 0.484 e. The van der Waals surface area contributed by atoms with E-state index in [1.807, 2.05) is 6.92 Å². The molecule has 186 valence electrons. The summed E-state index contributed by atoms with van der Waals surface area (Å²) in [6, 6.07) is 1.03. The summed E-state index contributed by atoms with van der Waals surface area (Å²) in [4.78, 5) is 21.3. The third-order valence-electron chi connectivity index (χ3n) is 4.41. The summed E-state index contributed by atoms with van der Waals surface area (Å²) in [5.41, 5.74) is -0.771. The fraction of sp³-hybridized carbons (Fsp3) is 0.550. The smallest absolute Gasteiger partial charge is 0.422 e. The van der Waals surface area contributed by atoms with E-state index < -0.39 is 39.8 Å². The van der Waals surface area contributed by atoms with Crippen molar-refractivity contribution in [1.29, 1.82) is 0 Å². The van der Waals surface area contributed by atoms with Gasteiger partial charge in [-0.1, -0.05) is 6.92 Å². The van der Waals surface area contributed by atoms with Crippen LogP contribution in [0.4, 0.5) is 13.2 Å². The van der Waals surface area contributed by atoms with E-state index >= 15 is 0 Å². The van der Waals surface area contributed by atoms with Gasteiger partial charge >= 0.3 is 6.18 Å². The molecule has 1 unspecified atom stereocenters. The number of aromatic nitrogens is 1. The Morgan fingerprint density at radius 3 is 2.39 bits per heavy atom. The van der Waals surface area contributed by atoms with Crippen LogP contribution in [0, 0.1) is 0 Å². The summed E-state index contributed by atoms with van der Waals surface area (Å²) in [5.74, 6) is -1.31. The van der Waals surface area contributed by atoms with Gasteiger partial charge in [-0.3, -0.25) is 4.79 Å². The molecule has 0 fully saturated rings. The van der Waals surface area contributed by atoms with Crippen molar-refractivity contribution in [2.24, 2.45) is 4.99 Å². The molecular weight excluding hydrogens is 531 g/mol. The molecule has 1 rings (SSSR count). The zero-order valence-corrected chi connectivity index (χ0v) is 21.5. The van der Waals surface area contributed by atoms with Crippen molar-refractivity contribution in [2.75, 3.05) is 25.7 Å². The minimum atomic E-state index is -4.58. The first-order valence-corrected chi connectivity index (χ1v) is 12.5. The Balaban J connectivity index is 3.46. The van der Waals surface area contributed by atoms with Crippen LogP contribution in [0.5, 0.6) is 5.75 Å². The molecule has 0 saturated heterocycles. The molecule has 1 amide bonds. The molecule has 0 radical (unpaired) electrons. The summed E-state index contributed by atoms with van der Waals surface area (Å²) in [6.45, 7) is 5.10. The molecule has 1 aromatic heterocycles. The van der Waals surface area contributed by atoms with Crippen LogP contribution in [-0.2, 0) is 14.6 Å². The monoisotopic (exact) mass is 557 g/mol. The molecule has 0 bridgehead atoms. The lowest BCUT2D eigenvalue weighted by molar-refractivity contribution is -0.153. The van der Waals surface area contributed by atoms with Crippen molar-refractivity contribution in [3.63, 3.8) is 0 Å². The number of nitrogens with one attached hydrogen (secondary N) is 1. The van der Waals surface area contributed by atoms with Gasteiger partial charge in [-0.05, 0) is 41.8 Å². The molecule has 0 aliphatic carbocycles. The summed E-state index contributed by atoms with van der Waals surface area (Å²) in [6.07, 6.45) is -1.93. The van der Waals surface area contributed by atoms with E-state index in [9.17, 15) is 26.4 Å². The maximum absolute atomic E-state index is 13.0. The van der Waals surface area contributed by atoms with Gasteiger partial charge in [0.25, 0.3) is 5.91 Å². The molecule has 13 heteroatoms. The number of halogens is 4. The van der Waals surface area contributed by atoms with E-state index in [0.29, 0.717) is 12.0 Å². The number of ether oxygens (including phenoxy) is 2. The molecule has 1 atom stereocenters. The Labute approximate surface area is 199 Å². The van der Waals surface area contributed by atoms with E-state index in [4.69, 9.17) is 9.47 Å². The molecule has 33 heavy (non-hydrogen) atoms. The van der Waals surface area contributed by atoms with Crippen molar-refractivity contribution < 1.29 is 35.9 Å². The number of carbonyl (C=O) groups excluding carboxylic acids is 1. The first-order valence-electron chi connectivity index (χ1n) is 9.66. The number of nitrogens with zero attached hydrogens (tertiary/aromatic N) is 2. The van der Waals surface area contributed by atoms with Crippen LogP contribution >= 0.6 is 15.9 Å². The van der Waals surface area contributed by atoms with Gasteiger partial charge in [0.2, 0.25) is 0 Å². The number of aliphatic imine (C=N–C) groups is 1. The summed E-state index contributed by atoms with van der Waals surface area (Å²) >= 11 is 3.03. The minimum absolute atomic E-state index is 0.116. The van der Waals surface area contributed by atoms with E-state index in [2.05, 4.69) is 31.2 Å². The highest BCUT2D eigenvalue weighted by molar-refractivity contribution is 9.10. The van der Waals surface area contributed by atoms with Gasteiger partial charge in [-0.25, -0.2) is 18.4 Å². The number of hydrogen-bond donors (Lipinski definition) is 1. The number of hydrogen-bond acceptors (Lipinski definition) is 7. The van der Waals surface area contributed by atoms with Gasteiger partial charge < -0.3 is 14.8 Å². The first-order chi connectivity index (χ1) is 15.0. The van der Waals surface area contributed by atoms with Gasteiger partial charge in [0.15, 0.2) is 12.5 Å². The maximum Gasteiger partial charge on any atom is 0.422 e. The van der Waals surface area contributed by atoms with Crippen LogP contribution in [0.25, 0.3) is 0 Å². The van der Waals surface area contributed by atoms with E-state index in [1.54, 1.807) is 13.8 Å². The molecule has 0 aliphatic rings. The molecule has 1 heterocycles. The van der Waals surface area contributed by atoms with Crippen LogP contribution in [0.2, 0.25) is 0 Å². The highest BCUT2D eigenvalue weighted by Crippen LogP contribution is 2.29. The number of sulfone groups is 1. The van der Waals surface area contributed by atoms with E-state index in [1.165, 1.54) is 14.0 Å². The average molecular weight is 558 g/mol. The van der Waals surface area contributed by atoms with Gasteiger partial charge in [0.1, 0.15) is 21.3 Å². The van der Waals surface area contributed by atoms with Crippen molar-refractivity contribution >= 4 is 37.6 Å². The van der Waals surface area contributed by atoms with Gasteiger partial charge in [0.05, 0.1) is 28.6 Å². The van der Waals surface area contributed by atoms with Crippen LogP contribution in [0.3, 0.4) is 0 Å². The van der Waals surface area contributed by atoms with Gasteiger partial charge in [0, 0.05) is 25.4 Å². The number of alkyl halides is 3. The highest BCUT2D eigenvalue weighted by Gasteiger charge is 2.37. The molecule has 0 aromatic carbocycles. The number of carbonyl (C=O) groups is 1. The predicted molar refractivity (Wildman–Crippen MR) is 122 cm³/mol. The Bertz CT molecular complexity index is 1040. The molecular formula is C20H27BrF3N3O5S. The van der Waals surface area contributed by atoms with E-state index in [-0.39, 0.29) is 27.5 Å². The molecule has 0 saturated carbocycles. The molecule has 0 spiro atoms. The molecule has 8 nitrogen and oxygen atoms in total. The normalized spacial score (nSPS) is 15.4. The minimum Gasteiger partial charge on any atom is -0.484 e. The molecule has 0 aliphatic heterocycles. The lowest BCUT2D eigenvalue weighted by Gasteiger charge is -2.32. The lowest BCUT2D eigenvalue weighted by atomic mass is 9.94. The summed E-state index contributed by atoms with van der Waals surface area (Å²) in [5, 5.41) is 2.64. The average Bonchev–Trinajstić information content (AvgIpc) is 2.68. The standard InChI is InChI=1S/C20H27BrF3N3O5S/c1-7-12(2)17(26-13(3)31-5)19(4,11-33(6,29)30)27-18(28)15-8-16(14(21)9-25-15)32-10-20(22,23)24/h8-9H,7,10-11H2,1-6H3,(H,27,28)/b17-12+,26-13-. The zero-order valence-electron chi connectivity index (χ0n) is 19.1. The third kappa shape index (κ3) is 9.32. The molecule has 1 N–H and O–H groups in total. The number of methoxy groups -OCH3 is 1. The SMILES string of the molecule is CC/C(C)=C(/N=C(/C)OC)C(C)(CS(C)(=O)=O)NC(=O)c1cc(OCC(F)(F)F)c(Br)cn1. The number of amides is 1. The number of pyridine rings is 1. The lowest BCUT2D eigenvalue weighted by Crippen LogP contribution is -2.52. The second-order valence-electron chi connectivity index (χ2n) is 7.58. The Kier molecular flexibility index (Phi) is 9.91. The first kappa shape index (κ1) is 28.9. The van der Waals surface area contributed by atoms with Crippen LogP contribution < -0.4 is 10.1 Å². The van der Waals surface area contributed by atoms with Crippen molar-refractivity contribution in [3.05, 3.63) is 33.7 Å². The highest BCUT2D eigenvalue weighted by atomic mass is 79.9. The summed E-state index contributed by atoms with van der Waals surface area (Å²) in [7, 11) is -2.21. The van der Waals surface area contributed by atoms with Crippen molar-refractivity contribution in [1.82, 2.24) is 10.3 Å². The Hall–Kier alpha value is -2.15. The quantitative estimate of drug-likeness (QED) is 0.362. The Morgan fingerprint density at radius 2 is 1.91 bits per heavy atom. The second-order valence-corrected chi connectivity index (χ2v) is 10.6. The number of allylic oxidation sites excluding steroid dienone is 1. The fourth-order valence-electron chi connectivity index (χ4n) is 2.88. The molecule has 1 aromatic rings. The maximum atomic E-state index is 13.0. The second kappa shape index (κ2) is 11.3. The topological polar surface area (TPSA) is 107 Å². The third-order valence-corrected chi connectivity index (χ3v) is 6.10. The van der Waals surface area contributed by atoms with Crippen LogP contribution in [0.1, 0.15) is 44.6 Å². The van der Waals surface area contributed by atoms with E-state index in [0.717, 1.165) is 18.5 Å². The van der Waals surface area contributed by atoms with Crippen LogP contribution in [-0.4, -0.2) is 62.6 Å². The van der Waals surface area contributed by atoms with Crippen molar-refractivity contribution in [3.8, 4) is 5.75 Å². The zero-order chi connectivity index (χ0) is 25.6. The van der Waals surface area contributed by atoms with Gasteiger partial charge in [-0.2, -0.15) is 13.2 Å². The summed E-state index contributed by atoms with van der Waals surface area (Å²) < 4.78 is 71.9. The predicted octanol–water partition coefficient (Wildman–Crippen LogP) is 4.07. The van der Waals surface area contributed by atoms with Gasteiger partial charge in [-0.15, -0.1) is 0 Å². The Morgan fingerprint density at radius 1 is 1.30 bits per heavy atom. The van der Waals surface area contributed by atoms with Crippen LogP contribution in [0.15, 0.2) is 33.0 Å².